The Kier molecular flexibility index (Phi) is 3.96. The average Bonchev–Trinajstić information content (AvgIpc) is 3.13. The van der Waals surface area contributed by atoms with E-state index in [-0.39, 0.29) is 24.3 Å². The summed E-state index contributed by atoms with van der Waals surface area (Å²) in [5, 5.41) is 5.20. The SMILES string of the molecule is CCN(C(=O)CNC1CCC(=O)NC1=O)C1CC1. The second-order valence-corrected chi connectivity index (χ2v) is 4.80. The van der Waals surface area contributed by atoms with Gasteiger partial charge in [-0.25, -0.2) is 0 Å². The van der Waals surface area contributed by atoms with Crippen LogP contribution in [0.2, 0.25) is 0 Å². The standard InChI is InChI=1S/C12H19N3O3/c1-2-15(8-3-4-8)11(17)7-13-9-5-6-10(16)14-12(9)18/h8-9,13H,2-7H2,1H3,(H,14,16,18). The lowest BCUT2D eigenvalue weighted by Crippen LogP contribution is -2.53. The third-order valence-electron chi connectivity index (χ3n) is 3.39. The fraction of sp³-hybridized carbons (Fsp3) is 0.750. The zero-order chi connectivity index (χ0) is 13.1. The Morgan fingerprint density at radius 2 is 2.11 bits per heavy atom. The van der Waals surface area contributed by atoms with Crippen molar-refractivity contribution < 1.29 is 14.4 Å². The van der Waals surface area contributed by atoms with Crippen LogP contribution in [0.15, 0.2) is 0 Å². The summed E-state index contributed by atoms with van der Waals surface area (Å²) in [7, 11) is 0. The van der Waals surface area contributed by atoms with Gasteiger partial charge in [-0.15, -0.1) is 0 Å². The highest BCUT2D eigenvalue weighted by Gasteiger charge is 2.32. The van der Waals surface area contributed by atoms with Crippen molar-refractivity contribution in [2.24, 2.45) is 0 Å². The van der Waals surface area contributed by atoms with Gasteiger partial charge in [0, 0.05) is 19.0 Å². The van der Waals surface area contributed by atoms with E-state index in [1.54, 1.807) is 0 Å². The zero-order valence-corrected chi connectivity index (χ0v) is 10.6. The first-order chi connectivity index (χ1) is 8.61. The molecule has 1 atom stereocenters. The zero-order valence-electron chi connectivity index (χ0n) is 10.6. The van der Waals surface area contributed by atoms with Crippen molar-refractivity contribution in [2.45, 2.75) is 44.7 Å². The Hall–Kier alpha value is -1.43. The largest absolute Gasteiger partial charge is 0.339 e. The van der Waals surface area contributed by atoms with E-state index in [0.717, 1.165) is 12.8 Å². The third kappa shape index (κ3) is 3.07. The van der Waals surface area contributed by atoms with E-state index in [4.69, 9.17) is 0 Å². The van der Waals surface area contributed by atoms with Crippen LogP contribution in [0.1, 0.15) is 32.6 Å². The second-order valence-electron chi connectivity index (χ2n) is 4.80. The number of amides is 3. The summed E-state index contributed by atoms with van der Waals surface area (Å²) in [6.45, 7) is 2.83. The van der Waals surface area contributed by atoms with Crippen LogP contribution in [0.4, 0.5) is 0 Å². The molecule has 1 heterocycles. The molecule has 0 aromatic carbocycles. The van der Waals surface area contributed by atoms with E-state index < -0.39 is 6.04 Å². The molecular weight excluding hydrogens is 234 g/mol. The van der Waals surface area contributed by atoms with Crippen LogP contribution in [0.25, 0.3) is 0 Å². The first-order valence-corrected chi connectivity index (χ1v) is 6.48. The molecule has 0 radical (unpaired) electrons. The summed E-state index contributed by atoms with van der Waals surface area (Å²) in [5.74, 6) is -0.532. The third-order valence-corrected chi connectivity index (χ3v) is 3.39. The van der Waals surface area contributed by atoms with Gasteiger partial charge in [-0.1, -0.05) is 0 Å². The number of likely N-dealkylation sites (N-methyl/N-ethyl adjacent to an activating group) is 1. The predicted octanol–water partition coefficient (Wildman–Crippen LogP) is -0.608. The van der Waals surface area contributed by atoms with Crippen LogP contribution in [0.3, 0.4) is 0 Å². The Labute approximate surface area is 106 Å². The molecule has 3 amide bonds. The monoisotopic (exact) mass is 253 g/mol. The van der Waals surface area contributed by atoms with Crippen LogP contribution in [-0.2, 0) is 14.4 Å². The Bertz CT molecular complexity index is 366. The van der Waals surface area contributed by atoms with Gasteiger partial charge in [-0.05, 0) is 26.2 Å². The summed E-state index contributed by atoms with van der Waals surface area (Å²) in [4.78, 5) is 36.2. The summed E-state index contributed by atoms with van der Waals surface area (Å²) in [6.07, 6.45) is 2.96. The normalized spacial score (nSPS) is 23.7. The molecule has 2 aliphatic rings. The maximum absolute atomic E-state index is 11.9. The average molecular weight is 253 g/mol. The maximum atomic E-state index is 11.9. The van der Waals surface area contributed by atoms with Gasteiger partial charge < -0.3 is 4.90 Å². The minimum absolute atomic E-state index is 0.0321. The van der Waals surface area contributed by atoms with Crippen molar-refractivity contribution >= 4 is 17.7 Å². The van der Waals surface area contributed by atoms with Crippen LogP contribution in [0.5, 0.6) is 0 Å². The summed E-state index contributed by atoms with van der Waals surface area (Å²) < 4.78 is 0. The molecule has 1 unspecified atom stereocenters. The van der Waals surface area contributed by atoms with Gasteiger partial charge in [0.15, 0.2) is 0 Å². The molecular formula is C12H19N3O3. The van der Waals surface area contributed by atoms with Crippen LogP contribution >= 0.6 is 0 Å². The van der Waals surface area contributed by atoms with Crippen LogP contribution in [-0.4, -0.2) is 47.8 Å². The first kappa shape index (κ1) is 13.0. The van der Waals surface area contributed by atoms with Crippen molar-refractivity contribution in [3.63, 3.8) is 0 Å². The van der Waals surface area contributed by atoms with Crippen LogP contribution < -0.4 is 10.6 Å². The highest BCUT2D eigenvalue weighted by Crippen LogP contribution is 2.26. The lowest BCUT2D eigenvalue weighted by Gasteiger charge is -2.24. The minimum Gasteiger partial charge on any atom is -0.339 e. The van der Waals surface area contributed by atoms with Gasteiger partial charge in [-0.2, -0.15) is 0 Å². The molecule has 0 bridgehead atoms. The number of nitrogens with one attached hydrogen (secondary N) is 2. The molecule has 6 heteroatoms. The van der Waals surface area contributed by atoms with Crippen LogP contribution in [0, 0.1) is 0 Å². The van der Waals surface area contributed by atoms with E-state index in [2.05, 4.69) is 10.6 Å². The second kappa shape index (κ2) is 5.48. The van der Waals surface area contributed by atoms with E-state index in [0.29, 0.717) is 25.4 Å². The first-order valence-electron chi connectivity index (χ1n) is 6.48. The molecule has 1 aliphatic heterocycles. The van der Waals surface area contributed by atoms with E-state index >= 15 is 0 Å². The van der Waals surface area contributed by atoms with Gasteiger partial charge in [-0.3, -0.25) is 25.0 Å². The number of hydrogen-bond donors (Lipinski definition) is 2. The Morgan fingerprint density at radius 3 is 2.67 bits per heavy atom. The molecule has 0 aromatic rings. The van der Waals surface area contributed by atoms with E-state index in [1.807, 2.05) is 11.8 Å². The Balaban J connectivity index is 1.78. The summed E-state index contributed by atoms with van der Waals surface area (Å²) in [6, 6.07) is -0.0318. The molecule has 1 aliphatic carbocycles. The number of carbonyl (C=O) groups excluding carboxylic acids is 3. The van der Waals surface area contributed by atoms with Crippen molar-refractivity contribution in [3.8, 4) is 0 Å². The number of imide groups is 1. The molecule has 1 saturated heterocycles. The number of piperidine rings is 1. The highest BCUT2D eigenvalue weighted by molar-refractivity contribution is 6.00. The topological polar surface area (TPSA) is 78.5 Å². The lowest BCUT2D eigenvalue weighted by atomic mass is 10.1. The van der Waals surface area contributed by atoms with Gasteiger partial charge in [0.05, 0.1) is 12.6 Å². The quantitative estimate of drug-likeness (QED) is 0.641. The van der Waals surface area contributed by atoms with Gasteiger partial charge >= 0.3 is 0 Å². The van der Waals surface area contributed by atoms with Crippen molar-refractivity contribution in [2.75, 3.05) is 13.1 Å². The number of hydrogen-bond acceptors (Lipinski definition) is 4. The Morgan fingerprint density at radius 1 is 1.39 bits per heavy atom. The molecule has 2 fully saturated rings. The molecule has 1 saturated carbocycles. The van der Waals surface area contributed by atoms with Crippen molar-refractivity contribution in [3.05, 3.63) is 0 Å². The van der Waals surface area contributed by atoms with Gasteiger partial charge in [0.2, 0.25) is 17.7 Å². The molecule has 0 aromatic heterocycles. The number of rotatable bonds is 5. The van der Waals surface area contributed by atoms with Crippen molar-refractivity contribution in [1.29, 1.82) is 0 Å². The maximum Gasteiger partial charge on any atom is 0.243 e. The molecule has 18 heavy (non-hydrogen) atoms. The van der Waals surface area contributed by atoms with Gasteiger partial charge in [0.25, 0.3) is 0 Å². The molecule has 6 nitrogen and oxygen atoms in total. The molecule has 2 rings (SSSR count). The smallest absolute Gasteiger partial charge is 0.243 e. The molecule has 100 valence electrons. The highest BCUT2D eigenvalue weighted by atomic mass is 16.2. The predicted molar refractivity (Wildman–Crippen MR) is 64.6 cm³/mol. The van der Waals surface area contributed by atoms with E-state index in [1.165, 1.54) is 0 Å². The minimum atomic E-state index is -0.426. The summed E-state index contributed by atoms with van der Waals surface area (Å²) in [5.41, 5.74) is 0. The molecule has 0 spiro atoms. The lowest BCUT2D eigenvalue weighted by molar-refractivity contribution is -0.135. The summed E-state index contributed by atoms with van der Waals surface area (Å²) >= 11 is 0. The fourth-order valence-electron chi connectivity index (χ4n) is 2.22. The van der Waals surface area contributed by atoms with E-state index in [9.17, 15) is 14.4 Å². The fourth-order valence-corrected chi connectivity index (χ4v) is 2.22. The number of nitrogens with zero attached hydrogens (tertiary/aromatic N) is 1. The van der Waals surface area contributed by atoms with Crippen molar-refractivity contribution in [1.82, 2.24) is 15.5 Å². The van der Waals surface area contributed by atoms with Gasteiger partial charge in [0.1, 0.15) is 0 Å². The number of carbonyl (C=O) groups is 3. The molecule has 2 N–H and O–H groups in total.